The summed E-state index contributed by atoms with van der Waals surface area (Å²) in [5, 5.41) is 4.04. The number of thioether (sulfide) groups is 1. The Hall–Kier alpha value is -1.34. The zero-order chi connectivity index (χ0) is 16.7. The van der Waals surface area contributed by atoms with Gasteiger partial charge in [0.1, 0.15) is 0 Å². The second-order valence-corrected chi connectivity index (χ2v) is 6.23. The van der Waals surface area contributed by atoms with Crippen LogP contribution in [0.5, 0.6) is 0 Å². The summed E-state index contributed by atoms with van der Waals surface area (Å²) >= 11 is 13.5. The highest BCUT2D eigenvalue weighted by Crippen LogP contribution is 2.25. The first kappa shape index (κ1) is 18.0. The lowest BCUT2D eigenvalue weighted by Gasteiger charge is -2.07. The molecule has 1 aromatic heterocycles. The van der Waals surface area contributed by atoms with Crippen LogP contribution in [0.1, 0.15) is 16.1 Å². The highest BCUT2D eigenvalue weighted by molar-refractivity contribution is 7.98. The summed E-state index contributed by atoms with van der Waals surface area (Å²) in [6.07, 6.45) is 1.43. The summed E-state index contributed by atoms with van der Waals surface area (Å²) in [4.78, 5) is 20.4. The molecule has 2 rings (SSSR count). The van der Waals surface area contributed by atoms with Gasteiger partial charge in [0.15, 0.2) is 10.9 Å². The van der Waals surface area contributed by atoms with Crippen LogP contribution in [0.15, 0.2) is 35.6 Å². The maximum Gasteiger partial charge on any atom is 0.271 e. The van der Waals surface area contributed by atoms with E-state index in [1.54, 1.807) is 7.11 Å². The van der Waals surface area contributed by atoms with Crippen LogP contribution in [0.2, 0.25) is 10.0 Å². The molecule has 1 heterocycles. The Morgan fingerprint density at radius 2 is 2.09 bits per heavy atom. The van der Waals surface area contributed by atoms with Crippen molar-refractivity contribution >= 4 is 40.9 Å². The van der Waals surface area contributed by atoms with Crippen molar-refractivity contribution in [1.82, 2.24) is 15.3 Å². The number of carbonyl (C=O) groups excluding carboxylic acids is 1. The van der Waals surface area contributed by atoms with Gasteiger partial charge in [-0.15, -0.1) is 0 Å². The van der Waals surface area contributed by atoms with E-state index in [4.69, 9.17) is 27.9 Å². The number of hydrogen-bond donors (Lipinski definition) is 1. The van der Waals surface area contributed by atoms with Gasteiger partial charge in [0, 0.05) is 24.4 Å². The molecule has 1 aromatic carbocycles. The van der Waals surface area contributed by atoms with Crippen LogP contribution in [-0.2, 0) is 10.5 Å². The lowest BCUT2D eigenvalue weighted by atomic mass is 10.2. The molecule has 0 atom stereocenters. The smallest absolute Gasteiger partial charge is 0.271 e. The predicted octanol–water partition coefficient (Wildman–Crippen LogP) is 3.45. The lowest BCUT2D eigenvalue weighted by Crippen LogP contribution is -2.28. The molecular formula is C15H15Cl2N3O2S. The van der Waals surface area contributed by atoms with Crippen LogP contribution < -0.4 is 5.32 Å². The van der Waals surface area contributed by atoms with Crippen molar-refractivity contribution in [3.8, 4) is 0 Å². The Balaban J connectivity index is 2.05. The number of hydrogen-bond acceptors (Lipinski definition) is 5. The minimum Gasteiger partial charge on any atom is -0.383 e. The normalized spacial score (nSPS) is 10.6. The first-order chi connectivity index (χ1) is 11.1. The molecule has 0 saturated carbocycles. The van der Waals surface area contributed by atoms with Gasteiger partial charge in [0.2, 0.25) is 0 Å². The van der Waals surface area contributed by atoms with Crippen LogP contribution >= 0.6 is 35.0 Å². The molecular weight excluding hydrogens is 357 g/mol. The van der Waals surface area contributed by atoms with Gasteiger partial charge in [-0.1, -0.05) is 53.2 Å². The van der Waals surface area contributed by atoms with E-state index in [0.29, 0.717) is 29.1 Å². The zero-order valence-corrected chi connectivity index (χ0v) is 14.7. The molecule has 122 valence electrons. The molecule has 0 fully saturated rings. The Labute approximate surface area is 148 Å². The van der Waals surface area contributed by atoms with Crippen molar-refractivity contribution in [2.75, 3.05) is 20.3 Å². The number of halogens is 2. The van der Waals surface area contributed by atoms with Crippen molar-refractivity contribution in [3.63, 3.8) is 0 Å². The number of rotatable bonds is 7. The molecule has 0 saturated heterocycles. The molecule has 8 heteroatoms. The second-order valence-electron chi connectivity index (χ2n) is 4.48. The number of benzene rings is 1. The van der Waals surface area contributed by atoms with Crippen LogP contribution in [0.4, 0.5) is 0 Å². The molecule has 0 aliphatic rings. The van der Waals surface area contributed by atoms with Crippen LogP contribution in [0, 0.1) is 0 Å². The van der Waals surface area contributed by atoms with Crippen molar-refractivity contribution < 1.29 is 9.53 Å². The number of nitrogens with one attached hydrogen (secondary N) is 1. The van der Waals surface area contributed by atoms with Gasteiger partial charge in [-0.05, 0) is 11.6 Å². The van der Waals surface area contributed by atoms with Crippen molar-refractivity contribution in [2.24, 2.45) is 0 Å². The van der Waals surface area contributed by atoms with E-state index in [-0.39, 0.29) is 16.6 Å². The fourth-order valence-electron chi connectivity index (χ4n) is 1.69. The Morgan fingerprint density at radius 1 is 1.30 bits per heavy atom. The average molecular weight is 372 g/mol. The van der Waals surface area contributed by atoms with Crippen LogP contribution in [0.25, 0.3) is 0 Å². The standard InChI is InChI=1S/C15H15Cl2N3O2S/c1-22-7-6-18-14(21)13-12(17)8-19-15(20-13)23-9-10-4-2-3-5-11(10)16/h2-5,8H,6-7,9H2,1H3,(H,18,21). The fraction of sp³-hybridized carbons (Fsp3) is 0.267. The van der Waals surface area contributed by atoms with Gasteiger partial charge in [-0.25, -0.2) is 9.97 Å². The van der Waals surface area contributed by atoms with E-state index in [1.165, 1.54) is 18.0 Å². The number of carbonyl (C=O) groups is 1. The van der Waals surface area contributed by atoms with Crippen molar-refractivity contribution in [1.29, 1.82) is 0 Å². The van der Waals surface area contributed by atoms with Crippen LogP contribution in [0.3, 0.4) is 0 Å². The largest absolute Gasteiger partial charge is 0.383 e. The third-order valence-corrected chi connectivity index (χ3v) is 4.40. The van der Waals surface area contributed by atoms with E-state index in [2.05, 4.69) is 15.3 Å². The van der Waals surface area contributed by atoms with Crippen molar-refractivity contribution in [3.05, 3.63) is 51.8 Å². The molecule has 0 spiro atoms. The van der Waals surface area contributed by atoms with E-state index >= 15 is 0 Å². The third kappa shape index (κ3) is 5.35. The summed E-state index contributed by atoms with van der Waals surface area (Å²) in [5.41, 5.74) is 1.13. The Morgan fingerprint density at radius 3 is 2.83 bits per heavy atom. The quantitative estimate of drug-likeness (QED) is 0.458. The molecule has 23 heavy (non-hydrogen) atoms. The molecule has 0 aliphatic heterocycles. The van der Waals surface area contributed by atoms with E-state index in [1.807, 2.05) is 24.3 Å². The number of aromatic nitrogens is 2. The third-order valence-electron chi connectivity index (χ3n) is 2.84. The number of nitrogens with zero attached hydrogens (tertiary/aromatic N) is 2. The van der Waals surface area contributed by atoms with E-state index in [0.717, 1.165) is 5.56 Å². The molecule has 2 aromatic rings. The van der Waals surface area contributed by atoms with Gasteiger partial charge in [-0.2, -0.15) is 0 Å². The first-order valence-electron chi connectivity index (χ1n) is 6.77. The van der Waals surface area contributed by atoms with Crippen LogP contribution in [-0.4, -0.2) is 36.1 Å². The fourth-order valence-corrected chi connectivity index (χ4v) is 2.97. The summed E-state index contributed by atoms with van der Waals surface area (Å²) < 4.78 is 4.88. The number of methoxy groups -OCH3 is 1. The molecule has 0 bridgehead atoms. The number of amides is 1. The van der Waals surface area contributed by atoms with Gasteiger partial charge in [0.25, 0.3) is 5.91 Å². The minimum absolute atomic E-state index is 0.152. The maximum absolute atomic E-state index is 12.0. The molecule has 0 aliphatic carbocycles. The predicted molar refractivity (Wildman–Crippen MR) is 92.3 cm³/mol. The topological polar surface area (TPSA) is 64.1 Å². The Kier molecular flexibility index (Phi) is 7.11. The number of ether oxygens (including phenoxy) is 1. The maximum atomic E-state index is 12.0. The van der Waals surface area contributed by atoms with E-state index < -0.39 is 0 Å². The first-order valence-corrected chi connectivity index (χ1v) is 8.52. The monoisotopic (exact) mass is 371 g/mol. The highest BCUT2D eigenvalue weighted by Gasteiger charge is 2.14. The molecule has 0 unspecified atom stereocenters. The zero-order valence-electron chi connectivity index (χ0n) is 12.4. The summed E-state index contributed by atoms with van der Waals surface area (Å²) in [6, 6.07) is 7.55. The van der Waals surface area contributed by atoms with Gasteiger partial charge >= 0.3 is 0 Å². The summed E-state index contributed by atoms with van der Waals surface area (Å²) in [7, 11) is 1.56. The van der Waals surface area contributed by atoms with Gasteiger partial charge in [-0.3, -0.25) is 4.79 Å². The molecule has 0 radical (unpaired) electrons. The average Bonchev–Trinajstić information content (AvgIpc) is 2.55. The minimum atomic E-state index is -0.353. The van der Waals surface area contributed by atoms with Gasteiger partial charge < -0.3 is 10.1 Å². The Bertz CT molecular complexity index is 686. The lowest BCUT2D eigenvalue weighted by molar-refractivity contribution is 0.0931. The summed E-state index contributed by atoms with van der Waals surface area (Å²) in [6.45, 7) is 0.806. The van der Waals surface area contributed by atoms with E-state index in [9.17, 15) is 4.79 Å². The SMILES string of the molecule is COCCNC(=O)c1nc(SCc2ccccc2Cl)ncc1Cl. The summed E-state index contributed by atoms with van der Waals surface area (Å²) in [5.74, 6) is 0.250. The molecule has 1 N–H and O–H groups in total. The highest BCUT2D eigenvalue weighted by atomic mass is 35.5. The van der Waals surface area contributed by atoms with Crippen molar-refractivity contribution in [2.45, 2.75) is 10.9 Å². The molecule has 1 amide bonds. The van der Waals surface area contributed by atoms with Gasteiger partial charge in [0.05, 0.1) is 17.8 Å². The second kappa shape index (κ2) is 9.08. The molecule has 5 nitrogen and oxygen atoms in total.